The lowest BCUT2D eigenvalue weighted by atomic mass is 9.74. The Morgan fingerprint density at radius 1 is 0.480 bits per heavy atom. The quantitative estimate of drug-likeness (QED) is 0.274. The van der Waals surface area contributed by atoms with E-state index >= 15 is 0 Å². The van der Waals surface area contributed by atoms with Crippen molar-refractivity contribution in [2.75, 3.05) is 0 Å². The summed E-state index contributed by atoms with van der Waals surface area (Å²) in [4.78, 5) is 0. The zero-order valence-corrected chi connectivity index (χ0v) is 19.5. The van der Waals surface area contributed by atoms with E-state index in [1.807, 2.05) is 0 Å². The van der Waals surface area contributed by atoms with Crippen LogP contribution in [0.5, 0.6) is 0 Å². The van der Waals surface area contributed by atoms with Crippen molar-refractivity contribution < 1.29 is 0 Å². The Morgan fingerprint density at radius 2 is 0.720 bits per heavy atom. The van der Waals surface area contributed by atoms with E-state index in [9.17, 15) is 0 Å². The number of hydrogen-bond donors (Lipinski definition) is 0. The van der Waals surface area contributed by atoms with Crippen molar-refractivity contribution in [2.24, 2.45) is 23.7 Å². The largest absolute Gasteiger partial charge is 0.0654 e. The summed E-state index contributed by atoms with van der Waals surface area (Å²) in [6.07, 6.45) is 18.4. The molecular weight excluding hydrogens is 300 g/mol. The zero-order valence-electron chi connectivity index (χ0n) is 19.5. The van der Waals surface area contributed by atoms with Crippen LogP contribution in [0.4, 0.5) is 0 Å². The van der Waals surface area contributed by atoms with Crippen LogP contribution in [0.3, 0.4) is 0 Å². The van der Waals surface area contributed by atoms with Crippen LogP contribution < -0.4 is 0 Å². The smallest absolute Gasteiger partial charge is 0.0386 e. The highest BCUT2D eigenvalue weighted by Gasteiger charge is 2.24. The Morgan fingerprint density at radius 3 is 0.880 bits per heavy atom. The van der Waals surface area contributed by atoms with Crippen molar-refractivity contribution in [1.82, 2.24) is 0 Å². The SMILES string of the molecule is CCC(C)C.CCCCC(CCCC)C(C)C(CCCC)CCCC. The molecule has 0 aliphatic carbocycles. The molecule has 0 aliphatic rings. The normalized spacial score (nSPS) is 11.5. The van der Waals surface area contributed by atoms with Gasteiger partial charge in [-0.1, -0.05) is 139 Å². The van der Waals surface area contributed by atoms with Crippen molar-refractivity contribution in [2.45, 2.75) is 139 Å². The molecule has 0 atom stereocenters. The second-order valence-corrected chi connectivity index (χ2v) is 8.75. The van der Waals surface area contributed by atoms with Gasteiger partial charge in [0.2, 0.25) is 0 Å². The molecule has 154 valence electrons. The molecule has 0 bridgehead atoms. The van der Waals surface area contributed by atoms with Gasteiger partial charge >= 0.3 is 0 Å². The average molecular weight is 355 g/mol. The highest BCUT2D eigenvalue weighted by atomic mass is 14.3. The second kappa shape index (κ2) is 20.3. The van der Waals surface area contributed by atoms with Crippen molar-refractivity contribution >= 4 is 0 Å². The topological polar surface area (TPSA) is 0 Å². The predicted octanol–water partition coefficient (Wildman–Crippen LogP) is 9.67. The molecule has 0 fully saturated rings. The van der Waals surface area contributed by atoms with E-state index in [4.69, 9.17) is 0 Å². The van der Waals surface area contributed by atoms with Gasteiger partial charge in [0.25, 0.3) is 0 Å². The van der Waals surface area contributed by atoms with Gasteiger partial charge in [-0.2, -0.15) is 0 Å². The fourth-order valence-corrected chi connectivity index (χ4v) is 3.59. The molecule has 0 heterocycles. The van der Waals surface area contributed by atoms with E-state index < -0.39 is 0 Å². The first kappa shape index (κ1) is 27.2. The number of hydrogen-bond acceptors (Lipinski definition) is 0. The van der Waals surface area contributed by atoms with Crippen LogP contribution in [0, 0.1) is 23.7 Å². The first-order chi connectivity index (χ1) is 12.0. The van der Waals surface area contributed by atoms with E-state index in [1.165, 1.54) is 83.5 Å². The van der Waals surface area contributed by atoms with E-state index in [2.05, 4.69) is 55.4 Å². The maximum Gasteiger partial charge on any atom is -0.0386 e. The van der Waals surface area contributed by atoms with Crippen LogP contribution in [0.1, 0.15) is 139 Å². The van der Waals surface area contributed by atoms with Gasteiger partial charge in [0.05, 0.1) is 0 Å². The van der Waals surface area contributed by atoms with Crippen molar-refractivity contribution in [3.63, 3.8) is 0 Å². The van der Waals surface area contributed by atoms with E-state index in [-0.39, 0.29) is 0 Å². The summed E-state index contributed by atoms with van der Waals surface area (Å²) < 4.78 is 0. The third-order valence-corrected chi connectivity index (χ3v) is 6.02. The molecular formula is C25H54. The summed E-state index contributed by atoms with van der Waals surface area (Å²) >= 11 is 0. The van der Waals surface area contributed by atoms with Crippen molar-refractivity contribution in [1.29, 1.82) is 0 Å². The maximum atomic E-state index is 2.58. The maximum absolute atomic E-state index is 2.58. The molecule has 0 spiro atoms. The summed E-state index contributed by atoms with van der Waals surface area (Å²) in [6.45, 7) is 18.6. The van der Waals surface area contributed by atoms with Crippen LogP contribution >= 0.6 is 0 Å². The summed E-state index contributed by atoms with van der Waals surface area (Å²) in [5.74, 6) is 3.82. The molecule has 0 radical (unpaired) electrons. The zero-order chi connectivity index (χ0) is 19.5. The van der Waals surface area contributed by atoms with Crippen molar-refractivity contribution in [3.8, 4) is 0 Å². The van der Waals surface area contributed by atoms with Crippen LogP contribution in [-0.2, 0) is 0 Å². The molecule has 0 aromatic heterocycles. The van der Waals surface area contributed by atoms with Crippen LogP contribution in [0.25, 0.3) is 0 Å². The van der Waals surface area contributed by atoms with Gasteiger partial charge in [-0.15, -0.1) is 0 Å². The molecule has 0 aromatic carbocycles. The number of unbranched alkanes of at least 4 members (excludes halogenated alkanes) is 4. The van der Waals surface area contributed by atoms with Gasteiger partial charge < -0.3 is 0 Å². The van der Waals surface area contributed by atoms with E-state index in [0.29, 0.717) is 0 Å². The summed E-state index contributed by atoms with van der Waals surface area (Å²) in [5.41, 5.74) is 0. The first-order valence-electron chi connectivity index (χ1n) is 12.0. The van der Waals surface area contributed by atoms with Gasteiger partial charge in [-0.3, -0.25) is 0 Å². The Hall–Kier alpha value is 0. The van der Waals surface area contributed by atoms with Gasteiger partial charge in [0, 0.05) is 0 Å². The second-order valence-electron chi connectivity index (χ2n) is 8.75. The highest BCUT2D eigenvalue weighted by Crippen LogP contribution is 2.35. The fourth-order valence-electron chi connectivity index (χ4n) is 3.59. The predicted molar refractivity (Wildman–Crippen MR) is 119 cm³/mol. The molecule has 0 amide bonds. The van der Waals surface area contributed by atoms with Crippen LogP contribution in [0.15, 0.2) is 0 Å². The molecule has 0 unspecified atom stereocenters. The minimum Gasteiger partial charge on any atom is -0.0654 e. The molecule has 0 saturated carbocycles. The number of rotatable bonds is 15. The van der Waals surface area contributed by atoms with Gasteiger partial charge in [-0.05, 0) is 23.7 Å². The third-order valence-electron chi connectivity index (χ3n) is 6.02. The molecule has 25 heavy (non-hydrogen) atoms. The summed E-state index contributed by atoms with van der Waals surface area (Å²) in [7, 11) is 0. The Balaban J connectivity index is 0. The molecule has 0 aliphatic heterocycles. The van der Waals surface area contributed by atoms with E-state index in [1.54, 1.807) is 0 Å². The van der Waals surface area contributed by atoms with Crippen LogP contribution in [0.2, 0.25) is 0 Å². The Labute approximate surface area is 163 Å². The van der Waals surface area contributed by atoms with Crippen molar-refractivity contribution in [3.05, 3.63) is 0 Å². The lowest BCUT2D eigenvalue weighted by Crippen LogP contribution is -2.21. The monoisotopic (exact) mass is 354 g/mol. The molecule has 0 nitrogen and oxygen atoms in total. The van der Waals surface area contributed by atoms with Gasteiger partial charge in [0.1, 0.15) is 0 Å². The first-order valence-corrected chi connectivity index (χ1v) is 12.0. The van der Waals surface area contributed by atoms with Gasteiger partial charge in [-0.25, -0.2) is 0 Å². The minimum atomic E-state index is 0.884. The lowest BCUT2D eigenvalue weighted by molar-refractivity contribution is 0.190. The summed E-state index contributed by atoms with van der Waals surface area (Å²) in [6, 6.07) is 0. The van der Waals surface area contributed by atoms with Crippen LogP contribution in [-0.4, -0.2) is 0 Å². The standard InChI is InChI=1S/C20H42.C5H12/c1-6-10-14-19(15-11-7-2)18(5)20(16-12-8-3)17-13-9-4;1-4-5(2)3/h18-20H,6-17H2,1-5H3;5H,4H2,1-3H3. The molecule has 0 N–H and O–H groups in total. The molecule has 0 rings (SSSR count). The van der Waals surface area contributed by atoms with E-state index in [0.717, 1.165) is 23.7 Å². The Bertz CT molecular complexity index is 194. The minimum absolute atomic E-state index is 0.884. The fraction of sp³-hybridized carbons (Fsp3) is 1.00. The molecule has 0 heteroatoms. The average Bonchev–Trinajstić information content (AvgIpc) is 2.62. The third kappa shape index (κ3) is 17.2. The molecule has 0 aromatic rings. The Kier molecular flexibility index (Phi) is 22.1. The lowest BCUT2D eigenvalue weighted by Gasteiger charge is -2.32. The highest BCUT2D eigenvalue weighted by molar-refractivity contribution is 4.75. The summed E-state index contributed by atoms with van der Waals surface area (Å²) in [5, 5.41) is 0. The van der Waals surface area contributed by atoms with Gasteiger partial charge in [0.15, 0.2) is 0 Å². The molecule has 0 saturated heterocycles.